The van der Waals surface area contributed by atoms with Crippen LogP contribution in [0.15, 0.2) is 43.2 Å². The van der Waals surface area contributed by atoms with E-state index < -0.39 is 0 Å². The summed E-state index contributed by atoms with van der Waals surface area (Å²) in [5.41, 5.74) is 7.81. The van der Waals surface area contributed by atoms with E-state index in [9.17, 15) is 4.39 Å². The number of nitrogens with one attached hydrogen (secondary N) is 1. The van der Waals surface area contributed by atoms with Gasteiger partial charge in [0.1, 0.15) is 18.0 Å². The largest absolute Gasteiger partial charge is 0.384 e. The Morgan fingerprint density at radius 3 is 2.67 bits per heavy atom. The maximum atomic E-state index is 12.7. The summed E-state index contributed by atoms with van der Waals surface area (Å²) in [6.07, 6.45) is 1.38. The molecule has 0 bridgehead atoms. The lowest BCUT2D eigenvalue weighted by molar-refractivity contribution is 0.626. The van der Waals surface area contributed by atoms with Crippen LogP contribution in [0, 0.1) is 5.82 Å². The molecule has 92 valence electrons. The van der Waals surface area contributed by atoms with Gasteiger partial charge in [0, 0.05) is 12.6 Å². The highest BCUT2D eigenvalue weighted by atomic mass is 19.1. The van der Waals surface area contributed by atoms with Crippen LogP contribution in [0.5, 0.6) is 0 Å². The topological polar surface area (TPSA) is 63.8 Å². The van der Waals surface area contributed by atoms with Gasteiger partial charge in [-0.2, -0.15) is 0 Å². The first-order valence-electron chi connectivity index (χ1n) is 5.40. The third kappa shape index (κ3) is 3.04. The molecular formula is C13H13FN4. The van der Waals surface area contributed by atoms with Gasteiger partial charge in [-0.3, -0.25) is 0 Å². The predicted molar refractivity (Wildman–Crippen MR) is 68.7 cm³/mol. The van der Waals surface area contributed by atoms with Crippen molar-refractivity contribution >= 4 is 11.5 Å². The number of nitrogen functional groups attached to an aromatic ring is 1. The van der Waals surface area contributed by atoms with Crippen LogP contribution < -0.4 is 11.1 Å². The predicted octanol–water partition coefficient (Wildman–Crippen LogP) is 1.96. The van der Waals surface area contributed by atoms with Crippen molar-refractivity contribution in [3.05, 3.63) is 60.3 Å². The molecule has 1 aromatic heterocycles. The molecule has 0 spiro atoms. The van der Waals surface area contributed by atoms with Gasteiger partial charge < -0.3 is 11.1 Å². The Morgan fingerprint density at radius 2 is 2.00 bits per heavy atom. The van der Waals surface area contributed by atoms with Gasteiger partial charge >= 0.3 is 0 Å². The minimum Gasteiger partial charge on any atom is -0.384 e. The maximum absolute atomic E-state index is 12.7. The number of anilines is 1. The van der Waals surface area contributed by atoms with Crippen molar-refractivity contribution in [3.8, 4) is 0 Å². The molecule has 2 aromatic rings. The van der Waals surface area contributed by atoms with Gasteiger partial charge in [0.05, 0.1) is 11.4 Å². The van der Waals surface area contributed by atoms with Crippen molar-refractivity contribution < 1.29 is 4.39 Å². The Kier molecular flexibility index (Phi) is 3.52. The van der Waals surface area contributed by atoms with Crippen molar-refractivity contribution in [3.63, 3.8) is 0 Å². The Balaban J connectivity index is 1.98. The number of benzene rings is 1. The summed E-state index contributed by atoms with van der Waals surface area (Å²) >= 11 is 0. The molecule has 2 rings (SSSR count). The van der Waals surface area contributed by atoms with Gasteiger partial charge in [-0.15, -0.1) is 0 Å². The van der Waals surface area contributed by atoms with E-state index in [1.807, 2.05) is 0 Å². The summed E-state index contributed by atoms with van der Waals surface area (Å²) in [5.74, 6) is 0.144. The lowest BCUT2D eigenvalue weighted by Gasteiger charge is -2.09. The molecule has 0 saturated carbocycles. The number of hydrogen-bond acceptors (Lipinski definition) is 4. The first-order chi connectivity index (χ1) is 8.65. The quantitative estimate of drug-likeness (QED) is 0.863. The highest BCUT2D eigenvalue weighted by Crippen LogP contribution is 2.09. The molecule has 0 aliphatic heterocycles. The first kappa shape index (κ1) is 12.0. The molecular weight excluding hydrogens is 231 g/mol. The average Bonchev–Trinajstić information content (AvgIpc) is 2.38. The second kappa shape index (κ2) is 5.27. The second-order valence-electron chi connectivity index (χ2n) is 3.79. The Labute approximate surface area is 104 Å². The summed E-state index contributed by atoms with van der Waals surface area (Å²) < 4.78 is 12.7. The van der Waals surface area contributed by atoms with Crippen LogP contribution >= 0.6 is 0 Å². The van der Waals surface area contributed by atoms with E-state index in [2.05, 4.69) is 21.9 Å². The Bertz CT molecular complexity index is 551. The Morgan fingerprint density at radius 1 is 1.28 bits per heavy atom. The molecule has 18 heavy (non-hydrogen) atoms. The molecule has 3 N–H and O–H groups in total. The lowest BCUT2D eigenvalue weighted by atomic mass is 10.2. The molecule has 0 radical (unpaired) electrons. The fraction of sp³-hybridized carbons (Fsp3) is 0.0769. The van der Waals surface area contributed by atoms with Crippen molar-refractivity contribution in [2.75, 3.05) is 5.73 Å². The van der Waals surface area contributed by atoms with Gasteiger partial charge in [-0.05, 0) is 17.7 Å². The van der Waals surface area contributed by atoms with Gasteiger partial charge in [0.25, 0.3) is 0 Å². The highest BCUT2D eigenvalue weighted by molar-refractivity contribution is 5.59. The standard InChI is InChI=1S/C13H13FN4/c1-9(12-6-13(15)18-8-17-12)16-7-10-2-4-11(14)5-3-10/h2-6,8,16H,1,7H2,(H2,15,17,18). The Hall–Kier alpha value is -2.43. The van der Waals surface area contributed by atoms with Gasteiger partial charge in [-0.1, -0.05) is 18.7 Å². The smallest absolute Gasteiger partial charge is 0.127 e. The number of rotatable bonds is 4. The number of halogens is 1. The lowest BCUT2D eigenvalue weighted by Crippen LogP contribution is -2.12. The molecule has 0 saturated heterocycles. The zero-order chi connectivity index (χ0) is 13.0. The van der Waals surface area contributed by atoms with E-state index in [0.717, 1.165) is 5.56 Å². The van der Waals surface area contributed by atoms with E-state index in [0.29, 0.717) is 23.8 Å². The molecule has 5 heteroatoms. The van der Waals surface area contributed by atoms with E-state index in [4.69, 9.17) is 5.73 Å². The molecule has 0 fully saturated rings. The zero-order valence-electron chi connectivity index (χ0n) is 9.73. The summed E-state index contributed by atoms with van der Waals surface area (Å²) in [5, 5.41) is 3.10. The monoisotopic (exact) mass is 244 g/mol. The minimum absolute atomic E-state index is 0.249. The van der Waals surface area contributed by atoms with Crippen molar-refractivity contribution in [1.82, 2.24) is 15.3 Å². The van der Waals surface area contributed by atoms with Gasteiger partial charge in [0.15, 0.2) is 0 Å². The summed E-state index contributed by atoms with van der Waals surface area (Å²) in [6.45, 7) is 4.41. The van der Waals surface area contributed by atoms with E-state index >= 15 is 0 Å². The van der Waals surface area contributed by atoms with Crippen LogP contribution in [-0.2, 0) is 6.54 Å². The number of nitrogens with zero attached hydrogens (tertiary/aromatic N) is 2. The van der Waals surface area contributed by atoms with Crippen molar-refractivity contribution in [2.24, 2.45) is 0 Å². The normalized spacial score (nSPS) is 10.1. The second-order valence-corrected chi connectivity index (χ2v) is 3.79. The number of aromatic nitrogens is 2. The highest BCUT2D eigenvalue weighted by Gasteiger charge is 2.01. The molecule has 0 atom stereocenters. The molecule has 0 aliphatic rings. The average molecular weight is 244 g/mol. The molecule has 1 aromatic carbocycles. The van der Waals surface area contributed by atoms with Gasteiger partial charge in [0.2, 0.25) is 0 Å². The number of hydrogen-bond donors (Lipinski definition) is 2. The van der Waals surface area contributed by atoms with Crippen LogP contribution in [0.4, 0.5) is 10.2 Å². The molecule has 0 unspecified atom stereocenters. The zero-order valence-corrected chi connectivity index (χ0v) is 9.73. The summed E-state index contributed by atoms with van der Waals surface area (Å²) in [7, 11) is 0. The van der Waals surface area contributed by atoms with Gasteiger partial charge in [-0.25, -0.2) is 14.4 Å². The number of nitrogens with two attached hydrogens (primary N) is 1. The molecule has 0 amide bonds. The van der Waals surface area contributed by atoms with Crippen LogP contribution in [-0.4, -0.2) is 9.97 Å². The van der Waals surface area contributed by atoms with Crippen molar-refractivity contribution in [2.45, 2.75) is 6.54 Å². The third-order valence-electron chi connectivity index (χ3n) is 2.42. The fourth-order valence-corrected chi connectivity index (χ4v) is 1.44. The summed E-state index contributed by atoms with van der Waals surface area (Å²) in [6, 6.07) is 7.90. The third-order valence-corrected chi connectivity index (χ3v) is 2.42. The van der Waals surface area contributed by atoms with Crippen LogP contribution in [0.3, 0.4) is 0 Å². The van der Waals surface area contributed by atoms with E-state index in [-0.39, 0.29) is 5.82 Å². The SMILES string of the molecule is C=C(NCc1ccc(F)cc1)c1cc(N)ncn1. The minimum atomic E-state index is -0.249. The maximum Gasteiger partial charge on any atom is 0.127 e. The summed E-state index contributed by atoms with van der Waals surface area (Å²) in [4.78, 5) is 7.86. The van der Waals surface area contributed by atoms with E-state index in [1.54, 1.807) is 18.2 Å². The fourth-order valence-electron chi connectivity index (χ4n) is 1.44. The molecule has 4 nitrogen and oxygen atoms in total. The van der Waals surface area contributed by atoms with E-state index in [1.165, 1.54) is 18.5 Å². The first-order valence-corrected chi connectivity index (χ1v) is 5.40. The van der Waals surface area contributed by atoms with Crippen LogP contribution in [0.1, 0.15) is 11.3 Å². The molecule has 1 heterocycles. The van der Waals surface area contributed by atoms with Crippen molar-refractivity contribution in [1.29, 1.82) is 0 Å². The van der Waals surface area contributed by atoms with Crippen LogP contribution in [0.25, 0.3) is 5.70 Å². The van der Waals surface area contributed by atoms with Crippen LogP contribution in [0.2, 0.25) is 0 Å². The molecule has 0 aliphatic carbocycles.